The first kappa shape index (κ1) is 20.3. The minimum atomic E-state index is -4.71. The van der Waals surface area contributed by atoms with E-state index in [0.717, 1.165) is 31.4 Å². The van der Waals surface area contributed by atoms with Crippen LogP contribution in [-0.4, -0.2) is 20.8 Å². The Morgan fingerprint density at radius 3 is 2.30 bits per heavy atom. The lowest BCUT2D eigenvalue weighted by Gasteiger charge is -2.41. The summed E-state index contributed by atoms with van der Waals surface area (Å²) < 4.78 is 58.2. The third kappa shape index (κ3) is 4.91. The Morgan fingerprint density at radius 1 is 1.11 bits per heavy atom. The molecule has 1 heterocycles. The molecule has 3 rings (SSSR count). The van der Waals surface area contributed by atoms with Gasteiger partial charge in [0.15, 0.2) is 0 Å². The minimum Gasteiger partial charge on any atom is -0.276 e. The van der Waals surface area contributed by atoms with Crippen LogP contribution in [0.5, 0.6) is 0 Å². The maximum Gasteiger partial charge on any atom is 0.523 e. The van der Waals surface area contributed by atoms with Crippen LogP contribution in [0.1, 0.15) is 37.7 Å². The maximum atomic E-state index is 14.0. The van der Waals surface area contributed by atoms with Crippen LogP contribution in [-0.2, 0) is 4.74 Å². The highest BCUT2D eigenvalue weighted by atomic mass is 28.3. The number of benzene rings is 1. The van der Waals surface area contributed by atoms with Crippen LogP contribution in [0.25, 0.3) is 0 Å². The molecule has 1 nitrogen and oxygen atoms in total. The number of hydrogen-bond donors (Lipinski definition) is 0. The van der Waals surface area contributed by atoms with Crippen molar-refractivity contribution in [3.05, 3.63) is 60.0 Å². The molecule has 0 atom stereocenters. The van der Waals surface area contributed by atoms with Gasteiger partial charge in [0.25, 0.3) is 0 Å². The van der Waals surface area contributed by atoms with Crippen molar-refractivity contribution in [2.24, 2.45) is 5.92 Å². The summed E-state index contributed by atoms with van der Waals surface area (Å²) in [5.41, 5.74) is -1.00. The number of hydrogen-bond acceptors (Lipinski definition) is 1. The van der Waals surface area contributed by atoms with Gasteiger partial charge in [0.05, 0.1) is 0 Å². The van der Waals surface area contributed by atoms with Crippen LogP contribution in [0, 0.1) is 11.7 Å². The smallest absolute Gasteiger partial charge is 0.276 e. The van der Waals surface area contributed by atoms with Crippen LogP contribution >= 0.6 is 0 Å². The molecular formula is C21H26F4OSi. The molecular weight excluding hydrogens is 372 g/mol. The molecule has 0 amide bonds. The van der Waals surface area contributed by atoms with E-state index in [2.05, 4.69) is 11.7 Å². The van der Waals surface area contributed by atoms with E-state index in [0.29, 0.717) is 5.56 Å². The first-order chi connectivity index (χ1) is 12.8. The van der Waals surface area contributed by atoms with Crippen molar-refractivity contribution in [3.8, 4) is 0 Å². The van der Waals surface area contributed by atoms with E-state index in [1.54, 1.807) is 30.4 Å². The number of halogens is 4. The summed E-state index contributed by atoms with van der Waals surface area (Å²) >= 11 is 0. The van der Waals surface area contributed by atoms with Crippen molar-refractivity contribution in [2.45, 2.75) is 62.2 Å². The number of alkyl halides is 3. The number of rotatable bonds is 5. The zero-order valence-electron chi connectivity index (χ0n) is 15.5. The van der Waals surface area contributed by atoms with Crippen LogP contribution in [0.4, 0.5) is 17.6 Å². The van der Waals surface area contributed by atoms with Gasteiger partial charge in [-0.05, 0) is 30.4 Å². The van der Waals surface area contributed by atoms with E-state index in [-0.39, 0.29) is 17.7 Å². The monoisotopic (exact) mass is 398 g/mol. The van der Waals surface area contributed by atoms with E-state index in [1.807, 2.05) is 0 Å². The van der Waals surface area contributed by atoms with Gasteiger partial charge in [0, 0.05) is 14.7 Å². The lowest BCUT2D eigenvalue weighted by Crippen LogP contribution is -2.45. The fraction of sp³-hybridized carbons (Fsp3) is 0.524. The van der Waals surface area contributed by atoms with E-state index in [4.69, 9.17) is 0 Å². The molecule has 0 bridgehead atoms. The lowest BCUT2D eigenvalue weighted by atomic mass is 9.77. The second-order valence-corrected chi connectivity index (χ2v) is 11.1. The molecule has 0 spiro atoms. The summed E-state index contributed by atoms with van der Waals surface area (Å²) in [6.45, 7) is 2.17. The molecule has 2 aliphatic rings. The third-order valence-corrected chi connectivity index (χ3v) is 9.56. The van der Waals surface area contributed by atoms with E-state index in [1.165, 1.54) is 24.3 Å². The van der Waals surface area contributed by atoms with Gasteiger partial charge >= 0.3 is 6.36 Å². The highest BCUT2D eigenvalue weighted by Crippen LogP contribution is 2.44. The Labute approximate surface area is 159 Å². The molecule has 0 radical (unpaired) electrons. The average Bonchev–Trinajstić information content (AvgIpc) is 2.62. The van der Waals surface area contributed by atoms with Crippen molar-refractivity contribution in [3.63, 3.8) is 0 Å². The molecule has 0 aromatic heterocycles. The molecule has 1 aromatic rings. The van der Waals surface area contributed by atoms with Crippen molar-refractivity contribution in [1.82, 2.24) is 0 Å². The molecule has 27 heavy (non-hydrogen) atoms. The van der Waals surface area contributed by atoms with Crippen molar-refractivity contribution in [2.75, 3.05) is 0 Å². The van der Waals surface area contributed by atoms with Gasteiger partial charge in [-0.2, -0.15) is 0 Å². The van der Waals surface area contributed by atoms with E-state index >= 15 is 0 Å². The van der Waals surface area contributed by atoms with Gasteiger partial charge in [-0.25, -0.2) is 4.39 Å². The third-order valence-electron chi connectivity index (χ3n) is 5.87. The summed E-state index contributed by atoms with van der Waals surface area (Å²) in [7, 11) is -0.805. The van der Waals surface area contributed by atoms with Gasteiger partial charge in [-0.15, -0.1) is 13.2 Å². The van der Waals surface area contributed by atoms with Crippen molar-refractivity contribution in [1.29, 1.82) is 0 Å². The Morgan fingerprint density at radius 2 is 1.74 bits per heavy atom. The van der Waals surface area contributed by atoms with Gasteiger partial charge in [-0.3, -0.25) is 4.74 Å². The van der Waals surface area contributed by atoms with Crippen LogP contribution < -0.4 is 0 Å². The quantitative estimate of drug-likeness (QED) is 0.319. The topological polar surface area (TPSA) is 9.23 Å². The predicted octanol–water partition coefficient (Wildman–Crippen LogP) is 6.36. The average molecular weight is 399 g/mol. The van der Waals surface area contributed by atoms with Crippen molar-refractivity contribution < 1.29 is 22.3 Å². The Balaban J connectivity index is 1.81. The summed E-state index contributed by atoms with van der Waals surface area (Å²) in [6.07, 6.45) is 4.33. The fourth-order valence-corrected chi connectivity index (χ4v) is 7.95. The largest absolute Gasteiger partial charge is 0.523 e. The summed E-state index contributed by atoms with van der Waals surface area (Å²) in [5.74, 6) is -0.914. The zero-order valence-corrected chi connectivity index (χ0v) is 16.7. The fourth-order valence-electron chi connectivity index (χ4n) is 4.52. The maximum absolute atomic E-state index is 14.0. The Hall–Kier alpha value is -1.40. The highest BCUT2D eigenvalue weighted by molar-refractivity contribution is 6.58. The predicted molar refractivity (Wildman–Crippen MR) is 102 cm³/mol. The van der Waals surface area contributed by atoms with Gasteiger partial charge in [0.1, 0.15) is 11.4 Å². The second kappa shape index (κ2) is 8.31. The molecule has 0 N–H and O–H groups in total. The lowest BCUT2D eigenvalue weighted by molar-refractivity contribution is -0.357. The summed E-state index contributed by atoms with van der Waals surface area (Å²) in [4.78, 5) is 0. The molecule has 1 aliphatic carbocycles. The SMILES string of the molecule is CCC[SiH]1CCC(C2(OC(F)(F)F)C=CC(c3ccccc3F)C=C2)CC1. The Kier molecular flexibility index (Phi) is 6.26. The molecule has 1 aliphatic heterocycles. The van der Waals surface area contributed by atoms with Gasteiger partial charge in [-0.1, -0.05) is 74.0 Å². The van der Waals surface area contributed by atoms with E-state index in [9.17, 15) is 17.6 Å². The molecule has 148 valence electrons. The standard InChI is InChI=1S/C21H26F4OSi/c1-2-13-27-14-9-17(10-15-27)20(26-21(23,24)25)11-7-16(8-12-20)18-5-3-4-6-19(18)22/h3-8,11-12,16-17,27H,2,9-10,13-15H2,1H3. The van der Waals surface area contributed by atoms with Crippen molar-refractivity contribution >= 4 is 8.80 Å². The first-order valence-corrected chi connectivity index (χ1v) is 12.2. The number of ether oxygens (including phenoxy) is 1. The molecule has 1 aromatic carbocycles. The van der Waals surface area contributed by atoms with Crippen LogP contribution in [0.15, 0.2) is 48.6 Å². The summed E-state index contributed by atoms with van der Waals surface area (Å²) in [6, 6.07) is 9.76. The molecule has 0 saturated carbocycles. The van der Waals surface area contributed by atoms with E-state index < -0.39 is 20.8 Å². The molecule has 1 saturated heterocycles. The number of allylic oxidation sites excluding steroid dienone is 2. The normalized spacial score (nSPS) is 31.2. The minimum absolute atomic E-state index is 0.186. The van der Waals surface area contributed by atoms with Gasteiger partial charge < -0.3 is 0 Å². The molecule has 1 fully saturated rings. The first-order valence-electron chi connectivity index (χ1n) is 9.73. The second-order valence-electron chi connectivity index (χ2n) is 7.67. The van der Waals surface area contributed by atoms with Gasteiger partial charge in [0.2, 0.25) is 0 Å². The molecule has 6 heteroatoms. The van der Waals surface area contributed by atoms with Crippen LogP contribution in [0.2, 0.25) is 18.1 Å². The summed E-state index contributed by atoms with van der Waals surface area (Å²) in [5, 5.41) is 0. The highest BCUT2D eigenvalue weighted by Gasteiger charge is 2.47. The Bertz CT molecular complexity index is 676. The van der Waals surface area contributed by atoms with Crippen LogP contribution in [0.3, 0.4) is 0 Å². The zero-order chi connectivity index (χ0) is 19.5. The molecule has 0 unspecified atom stereocenters.